The van der Waals surface area contributed by atoms with Gasteiger partial charge >= 0.3 is 0 Å². The van der Waals surface area contributed by atoms with Crippen LogP contribution in [0.25, 0.3) is 0 Å². The standard InChI is InChI=1S/C52H88O24/c1-21(20-68-46-41(64)37(60)34(57)29(16-53)70-46)8-13-52(67-5)22(2)33-28(76-52)15-27-25-7-6-23-14-24(9-11-50(23,3)26(25)10-12-51(27,33)4)69-47-43(66)40(63)44(32(19-56)73-47)74-49-45(39(62)36(59)31(18-55)72-49)75-48-42(65)38(61)35(58)30(17-54)71-48/h21-49,53-66H,6-20H2,1-5H3/t21-,22+,23-,24+,25-,26+,27+,28+,29-,30-,31-,32-,33+,34-,35-,36-,37+,38+,39+,40-,41-,42-,43-,44+,45-,46-,47-,48+,49+,50+,51+,52-/m1/s1. The van der Waals surface area contributed by atoms with Crippen molar-refractivity contribution in [2.75, 3.05) is 40.1 Å². The molecule has 0 unspecified atom stereocenters. The van der Waals surface area contributed by atoms with Crippen LogP contribution in [0.4, 0.5) is 0 Å². The van der Waals surface area contributed by atoms with E-state index in [1.807, 2.05) is 6.92 Å². The van der Waals surface area contributed by atoms with Crippen molar-refractivity contribution in [1.29, 1.82) is 0 Å². The number of ether oxygens (including phenoxy) is 10. The van der Waals surface area contributed by atoms with Crippen LogP contribution in [-0.4, -0.2) is 252 Å². The summed E-state index contributed by atoms with van der Waals surface area (Å²) in [5.41, 5.74) is 0.0885. The van der Waals surface area contributed by atoms with Crippen molar-refractivity contribution >= 4 is 0 Å². The van der Waals surface area contributed by atoms with Gasteiger partial charge in [0.15, 0.2) is 30.9 Å². The number of aliphatic hydroxyl groups is 14. The summed E-state index contributed by atoms with van der Waals surface area (Å²) in [7, 11) is 1.72. The largest absolute Gasteiger partial charge is 0.394 e. The summed E-state index contributed by atoms with van der Waals surface area (Å²) in [6.45, 7) is 6.56. The molecule has 24 heteroatoms. The molecule has 0 radical (unpaired) electrons. The minimum atomic E-state index is -1.91. The van der Waals surface area contributed by atoms with Crippen LogP contribution in [0.2, 0.25) is 0 Å². The Labute approximate surface area is 443 Å². The van der Waals surface area contributed by atoms with Gasteiger partial charge in [-0.2, -0.15) is 0 Å². The Morgan fingerprint density at radius 1 is 0.539 bits per heavy atom. The van der Waals surface area contributed by atoms with Crippen LogP contribution < -0.4 is 0 Å². The molecule has 0 aromatic carbocycles. The SMILES string of the molecule is CO[C@]1(CC[C@@H](C)CO[C@@H]2O[C@H](CO)[C@@H](O)[C@H](O)[C@H]2O)O[C@H]2C[C@H]3[C@@H]4CC[C@@H]5C[C@@H](O[C@@H]6O[C@H](CO)[C@H](O[C@@H]7O[C@H](CO)[C@@H](O)[C@H](O)[C@H]7O[C@@H]7O[C@H](CO)[C@@H](O)[C@H](O)[C@H]7O)[C@H](O)[C@H]6O)CC[C@]5(C)[C@H]4CC[C@]3(C)[C@H]2[C@@H]1C. The molecule has 9 rings (SSSR count). The molecule has 0 aromatic rings. The molecular formula is C52H88O24. The van der Waals surface area contributed by atoms with E-state index in [9.17, 15) is 71.5 Å². The predicted molar refractivity (Wildman–Crippen MR) is 256 cm³/mol. The van der Waals surface area contributed by atoms with E-state index in [0.717, 1.165) is 38.5 Å². The maximum Gasteiger partial charge on any atom is 0.187 e. The van der Waals surface area contributed by atoms with E-state index >= 15 is 0 Å². The molecule has 76 heavy (non-hydrogen) atoms. The maximum absolute atomic E-state index is 11.6. The van der Waals surface area contributed by atoms with E-state index in [4.69, 9.17) is 47.4 Å². The number of methoxy groups -OCH3 is 1. The first-order chi connectivity index (χ1) is 36.1. The first-order valence-corrected chi connectivity index (χ1v) is 27.8. The molecule has 4 saturated carbocycles. The summed E-state index contributed by atoms with van der Waals surface area (Å²) < 4.78 is 60.4. The molecule has 5 saturated heterocycles. The first-order valence-electron chi connectivity index (χ1n) is 27.8. The van der Waals surface area contributed by atoms with Crippen LogP contribution in [0, 0.1) is 52.3 Å². The highest BCUT2D eigenvalue weighted by molar-refractivity contribution is 5.15. The normalized spacial score (nSPS) is 54.8. The molecule has 4 aliphatic carbocycles. The zero-order valence-electron chi connectivity index (χ0n) is 44.2. The zero-order valence-corrected chi connectivity index (χ0v) is 44.2. The second-order valence-electron chi connectivity index (χ2n) is 24.4. The first kappa shape index (κ1) is 59.7. The van der Waals surface area contributed by atoms with Crippen molar-refractivity contribution in [3.8, 4) is 0 Å². The lowest BCUT2D eigenvalue weighted by Crippen LogP contribution is -2.67. The Morgan fingerprint density at radius 2 is 1.07 bits per heavy atom. The Bertz CT molecular complexity index is 1890. The van der Waals surface area contributed by atoms with E-state index in [0.29, 0.717) is 55.3 Å². The Hall–Kier alpha value is -0.960. The minimum Gasteiger partial charge on any atom is -0.394 e. The minimum absolute atomic E-state index is 0.00845. The van der Waals surface area contributed by atoms with Crippen molar-refractivity contribution < 1.29 is 119 Å². The van der Waals surface area contributed by atoms with Gasteiger partial charge < -0.3 is 119 Å². The molecule has 0 spiro atoms. The van der Waals surface area contributed by atoms with E-state index in [-0.39, 0.29) is 41.5 Å². The van der Waals surface area contributed by atoms with Gasteiger partial charge in [0, 0.05) is 19.4 Å². The fourth-order valence-electron chi connectivity index (χ4n) is 16.0. The smallest absolute Gasteiger partial charge is 0.187 e. The summed E-state index contributed by atoms with van der Waals surface area (Å²) >= 11 is 0. The third-order valence-electron chi connectivity index (χ3n) is 20.4. The average molecular weight is 1100 g/mol. The Kier molecular flexibility index (Phi) is 18.6. The van der Waals surface area contributed by atoms with Crippen LogP contribution in [0.5, 0.6) is 0 Å². The molecule has 0 amide bonds. The lowest BCUT2D eigenvalue weighted by molar-refractivity contribution is -0.390. The van der Waals surface area contributed by atoms with Gasteiger partial charge in [0.1, 0.15) is 97.7 Å². The molecule has 9 fully saturated rings. The predicted octanol–water partition coefficient (Wildman–Crippen LogP) is -3.30. The van der Waals surface area contributed by atoms with Gasteiger partial charge in [0.05, 0.1) is 45.2 Å². The Balaban J connectivity index is 0.791. The van der Waals surface area contributed by atoms with Crippen LogP contribution in [0.3, 0.4) is 0 Å². The summed E-state index contributed by atoms with van der Waals surface area (Å²) in [5, 5.41) is 147. The van der Waals surface area contributed by atoms with Crippen molar-refractivity contribution in [2.45, 2.75) is 233 Å². The third-order valence-corrected chi connectivity index (χ3v) is 20.4. The fourth-order valence-corrected chi connectivity index (χ4v) is 16.0. The summed E-state index contributed by atoms with van der Waals surface area (Å²) in [6, 6.07) is 0. The van der Waals surface area contributed by atoms with E-state index < -0.39 is 155 Å². The zero-order chi connectivity index (χ0) is 54.9. The van der Waals surface area contributed by atoms with Gasteiger partial charge in [0.2, 0.25) is 0 Å². The van der Waals surface area contributed by atoms with Gasteiger partial charge in [0.25, 0.3) is 0 Å². The second kappa shape index (κ2) is 23.7. The molecule has 24 nitrogen and oxygen atoms in total. The molecule has 9 aliphatic rings. The van der Waals surface area contributed by atoms with Crippen LogP contribution in [0.15, 0.2) is 0 Å². The van der Waals surface area contributed by atoms with Crippen LogP contribution in [-0.2, 0) is 47.4 Å². The summed E-state index contributed by atoms with van der Waals surface area (Å²) in [4.78, 5) is 0. The van der Waals surface area contributed by atoms with Crippen LogP contribution in [0.1, 0.15) is 91.9 Å². The number of hydrogen-bond acceptors (Lipinski definition) is 24. The van der Waals surface area contributed by atoms with E-state index in [2.05, 4.69) is 20.8 Å². The quantitative estimate of drug-likeness (QED) is 0.0635. The molecule has 32 atom stereocenters. The van der Waals surface area contributed by atoms with Crippen molar-refractivity contribution in [2.24, 2.45) is 52.3 Å². The van der Waals surface area contributed by atoms with Gasteiger partial charge in [-0.3, -0.25) is 0 Å². The summed E-state index contributed by atoms with van der Waals surface area (Å²) in [5.74, 6) is 1.46. The lowest BCUT2D eigenvalue weighted by atomic mass is 9.44. The number of rotatable bonds is 17. The highest BCUT2D eigenvalue weighted by Crippen LogP contribution is 2.71. The highest BCUT2D eigenvalue weighted by atomic mass is 16.8. The monoisotopic (exact) mass is 1100 g/mol. The van der Waals surface area contributed by atoms with Crippen molar-refractivity contribution in [3.63, 3.8) is 0 Å². The van der Waals surface area contributed by atoms with Crippen LogP contribution >= 0.6 is 0 Å². The fraction of sp³-hybridized carbons (Fsp3) is 1.00. The molecule has 440 valence electrons. The second-order valence-corrected chi connectivity index (χ2v) is 24.4. The maximum atomic E-state index is 11.6. The molecular weight excluding hydrogens is 1010 g/mol. The molecule has 5 heterocycles. The number of hydrogen-bond donors (Lipinski definition) is 14. The lowest BCUT2D eigenvalue weighted by Gasteiger charge is -2.61. The van der Waals surface area contributed by atoms with Gasteiger partial charge in [-0.25, -0.2) is 0 Å². The molecule has 0 aromatic heterocycles. The molecule has 0 bridgehead atoms. The highest BCUT2D eigenvalue weighted by Gasteiger charge is 2.69. The van der Waals surface area contributed by atoms with E-state index in [1.165, 1.54) is 0 Å². The van der Waals surface area contributed by atoms with Crippen molar-refractivity contribution in [1.82, 2.24) is 0 Å². The number of aliphatic hydroxyl groups excluding tert-OH is 14. The van der Waals surface area contributed by atoms with E-state index in [1.54, 1.807) is 7.11 Å². The molecule has 5 aliphatic heterocycles. The third kappa shape index (κ3) is 10.6. The number of fused-ring (bicyclic) bond motifs is 7. The Morgan fingerprint density at radius 3 is 1.70 bits per heavy atom. The average Bonchev–Trinajstić information content (AvgIpc) is 3.93. The molecule has 14 N–H and O–H groups in total. The topological polar surface area (TPSA) is 376 Å². The van der Waals surface area contributed by atoms with Gasteiger partial charge in [-0.1, -0.05) is 27.7 Å². The van der Waals surface area contributed by atoms with Gasteiger partial charge in [-0.15, -0.1) is 0 Å². The van der Waals surface area contributed by atoms with Crippen molar-refractivity contribution in [3.05, 3.63) is 0 Å². The summed E-state index contributed by atoms with van der Waals surface area (Å²) in [6.07, 6.45) is -23.3. The van der Waals surface area contributed by atoms with Gasteiger partial charge in [-0.05, 0) is 104 Å².